The average Bonchev–Trinajstić information content (AvgIpc) is 2.53. The maximum atomic E-state index is 12.4. The number of hydrogen-bond acceptors (Lipinski definition) is 2. The van der Waals surface area contributed by atoms with Gasteiger partial charge in [0.15, 0.2) is 0 Å². The van der Waals surface area contributed by atoms with Crippen LogP contribution in [0.5, 0.6) is 0 Å². The van der Waals surface area contributed by atoms with Gasteiger partial charge in [-0.3, -0.25) is 4.90 Å². The van der Waals surface area contributed by atoms with Crippen molar-refractivity contribution in [1.29, 1.82) is 0 Å². The van der Waals surface area contributed by atoms with Crippen molar-refractivity contribution in [2.75, 3.05) is 33.2 Å². The summed E-state index contributed by atoms with van der Waals surface area (Å²) in [6.07, 6.45) is 1.68. The first-order valence-electron chi connectivity index (χ1n) is 6.31. The van der Waals surface area contributed by atoms with Crippen LogP contribution in [0.3, 0.4) is 0 Å². The smallest absolute Gasteiger partial charge is 0.243 e. The summed E-state index contributed by atoms with van der Waals surface area (Å²) in [4.78, 5) is 4.69. The van der Waals surface area contributed by atoms with Crippen LogP contribution >= 0.6 is 0 Å². The van der Waals surface area contributed by atoms with Gasteiger partial charge >= 0.3 is 0 Å². The molecule has 2 unspecified atom stereocenters. The monoisotopic (exact) mass is 230 g/mol. The van der Waals surface area contributed by atoms with Crippen LogP contribution in [0.1, 0.15) is 19.3 Å². The highest BCUT2D eigenvalue weighted by Crippen LogP contribution is 2.52. The number of nitrogens with zero attached hydrogens (tertiary/aromatic N) is 2. The van der Waals surface area contributed by atoms with E-state index in [-0.39, 0.29) is 5.92 Å². The molecule has 0 amide bonds. The van der Waals surface area contributed by atoms with Crippen molar-refractivity contribution in [3.63, 3.8) is 0 Å². The molecule has 1 saturated carbocycles. The predicted octanol–water partition coefficient (Wildman–Crippen LogP) is 1.67. The van der Waals surface area contributed by atoms with E-state index in [0.29, 0.717) is 24.5 Å². The number of hydrogen-bond donors (Lipinski definition) is 0. The molecule has 0 bridgehead atoms. The molecule has 2 heterocycles. The molecule has 92 valence electrons. The Morgan fingerprint density at radius 3 is 2.44 bits per heavy atom. The second kappa shape index (κ2) is 3.64. The molecule has 3 fully saturated rings. The Hall–Kier alpha value is -0.220. The van der Waals surface area contributed by atoms with E-state index in [1.807, 2.05) is 0 Å². The Bertz CT molecular complexity index is 278. The van der Waals surface area contributed by atoms with Gasteiger partial charge in [0.25, 0.3) is 0 Å². The molecular weight excluding hydrogens is 210 g/mol. The Kier molecular flexibility index (Phi) is 2.48. The van der Waals surface area contributed by atoms with E-state index in [0.717, 1.165) is 0 Å². The van der Waals surface area contributed by atoms with Crippen LogP contribution in [0, 0.1) is 11.3 Å². The Morgan fingerprint density at radius 2 is 2.00 bits per heavy atom. The maximum Gasteiger partial charge on any atom is 0.243 e. The number of likely N-dealkylation sites (tertiary alicyclic amines) is 2. The van der Waals surface area contributed by atoms with Gasteiger partial charge in [-0.2, -0.15) is 0 Å². The zero-order valence-electron chi connectivity index (χ0n) is 9.83. The number of rotatable bonds is 2. The topological polar surface area (TPSA) is 6.48 Å². The first kappa shape index (κ1) is 10.9. The molecule has 1 spiro atoms. The van der Waals surface area contributed by atoms with Crippen LogP contribution in [-0.4, -0.2) is 55.5 Å². The van der Waals surface area contributed by atoms with Crippen molar-refractivity contribution in [2.24, 2.45) is 11.3 Å². The van der Waals surface area contributed by atoms with Crippen molar-refractivity contribution in [1.82, 2.24) is 9.80 Å². The summed E-state index contributed by atoms with van der Waals surface area (Å²) in [5.41, 5.74) is 0.460. The lowest BCUT2D eigenvalue weighted by molar-refractivity contribution is -0.109. The van der Waals surface area contributed by atoms with Crippen LogP contribution in [-0.2, 0) is 0 Å². The highest BCUT2D eigenvalue weighted by Gasteiger charge is 2.54. The standard InChI is InChI=1S/C12H20F2N2/c1-15-5-4-12(8-15)3-2-10(12)16-6-9(7-16)11(13)14/h9-11H,2-8H2,1H3. The molecular formula is C12H20F2N2. The molecule has 4 heteroatoms. The second-order valence-electron chi connectivity index (χ2n) is 5.95. The highest BCUT2D eigenvalue weighted by molar-refractivity contribution is 5.08. The van der Waals surface area contributed by atoms with E-state index >= 15 is 0 Å². The van der Waals surface area contributed by atoms with Crippen LogP contribution in [0.25, 0.3) is 0 Å². The van der Waals surface area contributed by atoms with Gasteiger partial charge < -0.3 is 4.90 Å². The molecule has 0 aromatic carbocycles. The molecule has 16 heavy (non-hydrogen) atoms. The van der Waals surface area contributed by atoms with Gasteiger partial charge in [-0.05, 0) is 38.3 Å². The summed E-state index contributed by atoms with van der Waals surface area (Å²) in [6.45, 7) is 3.62. The van der Waals surface area contributed by atoms with Crippen LogP contribution in [0.2, 0.25) is 0 Å². The SMILES string of the molecule is CN1CCC2(CCC2N2CC(C(F)F)C2)C1. The summed E-state index contributed by atoms with van der Waals surface area (Å²) >= 11 is 0. The number of halogens is 2. The maximum absolute atomic E-state index is 12.4. The van der Waals surface area contributed by atoms with Crippen molar-refractivity contribution >= 4 is 0 Å². The average molecular weight is 230 g/mol. The Labute approximate surface area is 95.6 Å². The molecule has 0 aromatic heterocycles. The number of alkyl halides is 2. The summed E-state index contributed by atoms with van der Waals surface area (Å²) in [7, 11) is 2.17. The normalized spacial score (nSPS) is 41.6. The van der Waals surface area contributed by atoms with E-state index in [1.54, 1.807) is 0 Å². The molecule has 0 radical (unpaired) electrons. The molecule has 2 atom stereocenters. The third kappa shape index (κ3) is 1.50. The molecule has 0 N–H and O–H groups in total. The molecule has 2 aliphatic heterocycles. The first-order valence-corrected chi connectivity index (χ1v) is 6.31. The van der Waals surface area contributed by atoms with E-state index < -0.39 is 6.43 Å². The van der Waals surface area contributed by atoms with Gasteiger partial charge in [0, 0.05) is 31.6 Å². The summed E-state index contributed by atoms with van der Waals surface area (Å²) < 4.78 is 24.9. The van der Waals surface area contributed by atoms with Gasteiger partial charge in [-0.1, -0.05) is 0 Å². The molecule has 2 saturated heterocycles. The van der Waals surface area contributed by atoms with E-state index in [2.05, 4.69) is 16.8 Å². The van der Waals surface area contributed by atoms with Crippen molar-refractivity contribution in [2.45, 2.75) is 31.7 Å². The molecule has 0 aromatic rings. The van der Waals surface area contributed by atoms with E-state index in [4.69, 9.17) is 0 Å². The fourth-order valence-electron chi connectivity index (χ4n) is 3.80. The molecule has 3 rings (SSSR count). The fraction of sp³-hybridized carbons (Fsp3) is 1.00. The van der Waals surface area contributed by atoms with Gasteiger partial charge in [0.1, 0.15) is 0 Å². The third-order valence-electron chi connectivity index (χ3n) is 4.93. The van der Waals surface area contributed by atoms with Gasteiger partial charge in [0.2, 0.25) is 6.43 Å². The van der Waals surface area contributed by atoms with E-state index in [9.17, 15) is 8.78 Å². The molecule has 3 aliphatic rings. The minimum Gasteiger partial charge on any atom is -0.306 e. The summed E-state index contributed by atoms with van der Waals surface area (Å²) in [5.74, 6) is -0.350. The Balaban J connectivity index is 1.58. The van der Waals surface area contributed by atoms with Crippen molar-refractivity contribution in [3.8, 4) is 0 Å². The first-order chi connectivity index (χ1) is 7.61. The summed E-state index contributed by atoms with van der Waals surface area (Å²) in [6, 6.07) is 0.604. The van der Waals surface area contributed by atoms with Crippen molar-refractivity contribution in [3.05, 3.63) is 0 Å². The minimum absolute atomic E-state index is 0.350. The minimum atomic E-state index is -2.11. The lowest BCUT2D eigenvalue weighted by Crippen LogP contribution is -2.64. The summed E-state index contributed by atoms with van der Waals surface area (Å²) in [5, 5.41) is 0. The zero-order chi connectivity index (χ0) is 11.3. The lowest BCUT2D eigenvalue weighted by atomic mass is 9.62. The quantitative estimate of drug-likeness (QED) is 0.712. The highest BCUT2D eigenvalue weighted by atomic mass is 19.3. The van der Waals surface area contributed by atoms with Crippen molar-refractivity contribution < 1.29 is 8.78 Å². The lowest BCUT2D eigenvalue weighted by Gasteiger charge is -2.57. The third-order valence-corrected chi connectivity index (χ3v) is 4.93. The predicted molar refractivity (Wildman–Crippen MR) is 58.6 cm³/mol. The van der Waals surface area contributed by atoms with Gasteiger partial charge in [-0.15, -0.1) is 0 Å². The zero-order valence-corrected chi connectivity index (χ0v) is 9.83. The molecule has 1 aliphatic carbocycles. The van der Waals surface area contributed by atoms with E-state index in [1.165, 1.54) is 32.4 Å². The van der Waals surface area contributed by atoms with Crippen LogP contribution in [0.4, 0.5) is 8.78 Å². The van der Waals surface area contributed by atoms with Crippen LogP contribution in [0.15, 0.2) is 0 Å². The largest absolute Gasteiger partial charge is 0.306 e. The van der Waals surface area contributed by atoms with Gasteiger partial charge in [0.05, 0.1) is 0 Å². The van der Waals surface area contributed by atoms with Crippen LogP contribution < -0.4 is 0 Å². The second-order valence-corrected chi connectivity index (χ2v) is 5.95. The molecule has 2 nitrogen and oxygen atoms in total. The fourth-order valence-corrected chi connectivity index (χ4v) is 3.80. The van der Waals surface area contributed by atoms with Gasteiger partial charge in [-0.25, -0.2) is 8.78 Å². The Morgan fingerprint density at radius 1 is 1.25 bits per heavy atom.